The molecule has 0 aliphatic carbocycles. The summed E-state index contributed by atoms with van der Waals surface area (Å²) in [5.41, 5.74) is 6.06. The summed E-state index contributed by atoms with van der Waals surface area (Å²) in [7, 11) is 0. The second-order valence-electron chi connectivity index (χ2n) is 6.01. The van der Waals surface area contributed by atoms with E-state index in [1.54, 1.807) is 0 Å². The molecule has 5 nitrogen and oxygen atoms in total. The van der Waals surface area contributed by atoms with Crippen LogP contribution in [-0.2, 0) is 11.0 Å². The zero-order valence-electron chi connectivity index (χ0n) is 15.4. The van der Waals surface area contributed by atoms with E-state index in [1.165, 1.54) is 30.6 Å². The van der Waals surface area contributed by atoms with E-state index in [1.807, 2.05) is 30.3 Å². The third-order valence-electron chi connectivity index (χ3n) is 3.81. The van der Waals surface area contributed by atoms with Gasteiger partial charge < -0.3 is 10.6 Å². The second kappa shape index (κ2) is 8.92. The van der Waals surface area contributed by atoms with Gasteiger partial charge in [-0.05, 0) is 30.3 Å². The van der Waals surface area contributed by atoms with Crippen molar-refractivity contribution in [3.63, 3.8) is 0 Å². The minimum Gasteiger partial charge on any atom is -0.380 e. The standard InChI is InChI=1S/C22H14F3N3O2/c23-22(24,25)19-8-4-7-17(12-19)20(26)28-30-21(29)18-11-16(13-27-14-18)10-9-15-5-2-1-3-6-15/h1-8,11-14H,(H2,26,28). The Morgan fingerprint density at radius 2 is 1.67 bits per heavy atom. The second-order valence-corrected chi connectivity index (χ2v) is 6.01. The molecule has 2 aromatic carbocycles. The highest BCUT2D eigenvalue weighted by Crippen LogP contribution is 2.29. The molecule has 0 saturated carbocycles. The molecule has 0 atom stereocenters. The molecule has 0 fully saturated rings. The van der Waals surface area contributed by atoms with Gasteiger partial charge in [0.2, 0.25) is 0 Å². The van der Waals surface area contributed by atoms with Gasteiger partial charge in [-0.3, -0.25) is 4.98 Å². The van der Waals surface area contributed by atoms with Crippen molar-refractivity contribution in [1.82, 2.24) is 4.98 Å². The predicted molar refractivity (Wildman–Crippen MR) is 104 cm³/mol. The number of carbonyl (C=O) groups excluding carboxylic acids is 1. The summed E-state index contributed by atoms with van der Waals surface area (Å²) in [6, 6.07) is 14.9. The van der Waals surface area contributed by atoms with Crippen molar-refractivity contribution >= 4 is 11.8 Å². The lowest BCUT2D eigenvalue weighted by Crippen LogP contribution is -2.16. The van der Waals surface area contributed by atoms with Crippen LogP contribution in [0.4, 0.5) is 13.2 Å². The predicted octanol–water partition coefficient (Wildman–Crippen LogP) is 3.98. The van der Waals surface area contributed by atoms with Crippen LogP contribution in [0.1, 0.15) is 32.6 Å². The molecule has 2 N–H and O–H groups in total. The number of rotatable bonds is 3. The van der Waals surface area contributed by atoms with Crippen LogP contribution >= 0.6 is 0 Å². The molecule has 0 amide bonds. The van der Waals surface area contributed by atoms with Crippen LogP contribution in [0.3, 0.4) is 0 Å². The van der Waals surface area contributed by atoms with E-state index in [-0.39, 0.29) is 17.0 Å². The van der Waals surface area contributed by atoms with E-state index in [0.717, 1.165) is 17.7 Å². The van der Waals surface area contributed by atoms with Crippen LogP contribution in [0, 0.1) is 11.8 Å². The normalized spacial score (nSPS) is 11.4. The third kappa shape index (κ3) is 5.45. The number of carbonyl (C=O) groups is 1. The molecule has 0 saturated heterocycles. The highest BCUT2D eigenvalue weighted by molar-refractivity contribution is 5.98. The smallest absolute Gasteiger partial charge is 0.380 e. The maximum atomic E-state index is 12.8. The van der Waals surface area contributed by atoms with Crippen molar-refractivity contribution in [2.45, 2.75) is 6.18 Å². The molecule has 1 aromatic heterocycles. The first-order chi connectivity index (χ1) is 14.3. The number of aromatic nitrogens is 1. The first-order valence-corrected chi connectivity index (χ1v) is 8.57. The largest absolute Gasteiger partial charge is 0.416 e. The molecule has 3 aromatic rings. The summed E-state index contributed by atoms with van der Waals surface area (Å²) in [4.78, 5) is 20.9. The van der Waals surface area contributed by atoms with Gasteiger partial charge in [-0.1, -0.05) is 47.3 Å². The monoisotopic (exact) mass is 409 g/mol. The van der Waals surface area contributed by atoms with Crippen LogP contribution in [0.2, 0.25) is 0 Å². The lowest BCUT2D eigenvalue weighted by Gasteiger charge is -2.08. The molecule has 0 aliphatic rings. The Morgan fingerprint density at radius 1 is 0.933 bits per heavy atom. The lowest BCUT2D eigenvalue weighted by atomic mass is 10.1. The average Bonchev–Trinajstić information content (AvgIpc) is 2.76. The van der Waals surface area contributed by atoms with Crippen molar-refractivity contribution in [3.8, 4) is 11.8 Å². The first kappa shape index (κ1) is 20.6. The molecule has 0 aliphatic heterocycles. The Bertz CT molecular complexity index is 1150. The number of oxime groups is 1. The summed E-state index contributed by atoms with van der Waals surface area (Å²) >= 11 is 0. The first-order valence-electron chi connectivity index (χ1n) is 8.57. The Balaban J connectivity index is 1.73. The van der Waals surface area contributed by atoms with E-state index in [4.69, 9.17) is 10.6 Å². The van der Waals surface area contributed by atoms with Crippen molar-refractivity contribution in [2.24, 2.45) is 10.9 Å². The maximum absolute atomic E-state index is 12.8. The van der Waals surface area contributed by atoms with Gasteiger partial charge in [0.15, 0.2) is 5.84 Å². The van der Waals surface area contributed by atoms with Crippen molar-refractivity contribution in [2.75, 3.05) is 0 Å². The molecule has 0 bridgehead atoms. The summed E-state index contributed by atoms with van der Waals surface area (Å²) in [6.07, 6.45) is -1.79. The van der Waals surface area contributed by atoms with Gasteiger partial charge in [-0.15, -0.1) is 0 Å². The molecule has 8 heteroatoms. The molecule has 150 valence electrons. The average molecular weight is 409 g/mol. The number of hydrogen-bond acceptors (Lipinski definition) is 4. The number of alkyl halides is 3. The number of pyridine rings is 1. The number of nitrogens with two attached hydrogens (primary N) is 1. The molecular formula is C22H14F3N3O2. The summed E-state index contributed by atoms with van der Waals surface area (Å²) in [5.74, 6) is 4.57. The van der Waals surface area contributed by atoms with Gasteiger partial charge in [-0.2, -0.15) is 13.2 Å². The van der Waals surface area contributed by atoms with Crippen molar-refractivity contribution < 1.29 is 22.8 Å². The van der Waals surface area contributed by atoms with E-state index in [9.17, 15) is 18.0 Å². The molecule has 0 unspecified atom stereocenters. The number of benzene rings is 2. The number of amidine groups is 1. The summed E-state index contributed by atoms with van der Waals surface area (Å²) in [6.45, 7) is 0. The van der Waals surface area contributed by atoms with Crippen LogP contribution in [0.15, 0.2) is 78.2 Å². The van der Waals surface area contributed by atoms with Gasteiger partial charge in [-0.25, -0.2) is 4.79 Å². The van der Waals surface area contributed by atoms with Crippen LogP contribution in [0.25, 0.3) is 0 Å². The minimum atomic E-state index is -4.53. The van der Waals surface area contributed by atoms with Crippen LogP contribution in [0.5, 0.6) is 0 Å². The molecular weight excluding hydrogens is 395 g/mol. The van der Waals surface area contributed by atoms with Gasteiger partial charge in [0.25, 0.3) is 0 Å². The highest BCUT2D eigenvalue weighted by atomic mass is 19.4. The summed E-state index contributed by atoms with van der Waals surface area (Å²) < 4.78 is 38.4. The van der Waals surface area contributed by atoms with Gasteiger partial charge in [0.1, 0.15) is 0 Å². The highest BCUT2D eigenvalue weighted by Gasteiger charge is 2.30. The lowest BCUT2D eigenvalue weighted by molar-refractivity contribution is -0.137. The van der Waals surface area contributed by atoms with Gasteiger partial charge in [0.05, 0.1) is 11.1 Å². The van der Waals surface area contributed by atoms with Crippen LogP contribution < -0.4 is 5.73 Å². The zero-order valence-corrected chi connectivity index (χ0v) is 15.4. The molecule has 3 rings (SSSR count). The molecule has 30 heavy (non-hydrogen) atoms. The number of nitrogens with zero attached hydrogens (tertiary/aromatic N) is 2. The van der Waals surface area contributed by atoms with Gasteiger partial charge in [0, 0.05) is 29.1 Å². The zero-order chi connectivity index (χ0) is 21.6. The number of hydrogen-bond donors (Lipinski definition) is 1. The molecule has 0 spiro atoms. The Kier molecular flexibility index (Phi) is 6.13. The quantitative estimate of drug-likeness (QED) is 0.233. The maximum Gasteiger partial charge on any atom is 0.416 e. The topological polar surface area (TPSA) is 77.6 Å². The molecule has 1 heterocycles. The number of halogens is 3. The SMILES string of the molecule is N/C(=N\OC(=O)c1cncc(C#Cc2ccccc2)c1)c1cccc(C(F)(F)F)c1. The van der Waals surface area contributed by atoms with Crippen LogP contribution in [-0.4, -0.2) is 16.8 Å². The fourth-order valence-electron chi connectivity index (χ4n) is 2.34. The Morgan fingerprint density at radius 3 is 2.40 bits per heavy atom. The van der Waals surface area contributed by atoms with E-state index >= 15 is 0 Å². The fourth-order valence-corrected chi connectivity index (χ4v) is 2.34. The van der Waals surface area contributed by atoms with Crippen molar-refractivity contribution in [3.05, 3.63) is 101 Å². The van der Waals surface area contributed by atoms with Crippen molar-refractivity contribution in [1.29, 1.82) is 0 Å². The third-order valence-corrected chi connectivity index (χ3v) is 3.81. The van der Waals surface area contributed by atoms with Gasteiger partial charge >= 0.3 is 12.1 Å². The van der Waals surface area contributed by atoms with E-state index < -0.39 is 17.7 Å². The molecule has 0 radical (unpaired) electrons. The minimum absolute atomic E-state index is 0.0294. The Labute approximate surface area is 170 Å². The fraction of sp³-hybridized carbons (Fsp3) is 0.0455. The summed E-state index contributed by atoms with van der Waals surface area (Å²) in [5, 5.41) is 3.43. The van der Waals surface area contributed by atoms with E-state index in [2.05, 4.69) is 22.0 Å². The van der Waals surface area contributed by atoms with E-state index in [0.29, 0.717) is 5.56 Å². The Hall–Kier alpha value is -4.12.